The lowest BCUT2D eigenvalue weighted by Gasteiger charge is -2.35. The van der Waals surface area contributed by atoms with Gasteiger partial charge in [-0.1, -0.05) is 12.1 Å². The lowest BCUT2D eigenvalue weighted by molar-refractivity contribution is -0.133. The van der Waals surface area contributed by atoms with Gasteiger partial charge in [0.25, 0.3) is 0 Å². The number of sulfonamides is 1. The Morgan fingerprint density at radius 3 is 2.50 bits per heavy atom. The van der Waals surface area contributed by atoms with E-state index in [-0.39, 0.29) is 36.0 Å². The predicted molar refractivity (Wildman–Crippen MR) is 128 cm³/mol. The van der Waals surface area contributed by atoms with Gasteiger partial charge >= 0.3 is 0 Å². The van der Waals surface area contributed by atoms with Gasteiger partial charge in [0.1, 0.15) is 11.8 Å². The summed E-state index contributed by atoms with van der Waals surface area (Å²) in [6, 6.07) is 16.0. The van der Waals surface area contributed by atoms with Crippen molar-refractivity contribution in [2.24, 2.45) is 0 Å². The molecule has 3 heterocycles. The first-order chi connectivity index (χ1) is 16.4. The predicted octanol–water partition coefficient (Wildman–Crippen LogP) is 3.06. The Morgan fingerprint density at radius 1 is 1.09 bits per heavy atom. The molecule has 1 amide bonds. The molecule has 178 valence electrons. The molecule has 0 N–H and O–H groups in total. The molecule has 0 spiro atoms. The molecule has 1 saturated heterocycles. The van der Waals surface area contributed by atoms with Crippen LogP contribution in [-0.4, -0.2) is 61.2 Å². The number of aryl methyl sites for hydroxylation is 1. The fourth-order valence-corrected chi connectivity index (χ4v) is 6.47. The standard InChI is InChI=1S/C24H26N4O4S2/c1-19-8-9-22(33-19)17-26(16-21-6-4-14-32-21)18-24(29)27-10-12-28(13-11-27)34(30,31)23-7-3-2-5-20(23)15-25/h2-9,14H,10-13,16-18H2,1H3. The maximum atomic E-state index is 13.1. The summed E-state index contributed by atoms with van der Waals surface area (Å²) >= 11 is 1.70. The van der Waals surface area contributed by atoms with Crippen molar-refractivity contribution < 1.29 is 17.6 Å². The fraction of sp³-hybridized carbons (Fsp3) is 0.333. The zero-order valence-electron chi connectivity index (χ0n) is 18.9. The topological polar surface area (TPSA) is 97.9 Å². The highest BCUT2D eigenvalue weighted by Crippen LogP contribution is 2.22. The number of hydrogen-bond acceptors (Lipinski definition) is 7. The van der Waals surface area contributed by atoms with Crippen molar-refractivity contribution >= 4 is 27.3 Å². The Morgan fingerprint density at radius 2 is 1.85 bits per heavy atom. The number of hydrogen-bond donors (Lipinski definition) is 0. The molecule has 0 saturated carbocycles. The van der Waals surface area contributed by atoms with Crippen molar-refractivity contribution in [2.75, 3.05) is 32.7 Å². The Balaban J connectivity index is 1.40. The second kappa shape index (κ2) is 10.5. The van der Waals surface area contributed by atoms with Crippen molar-refractivity contribution in [1.29, 1.82) is 5.26 Å². The molecule has 0 atom stereocenters. The molecule has 4 rings (SSSR count). The van der Waals surface area contributed by atoms with Crippen LogP contribution in [0.1, 0.15) is 21.1 Å². The largest absolute Gasteiger partial charge is 0.468 e. The summed E-state index contributed by atoms with van der Waals surface area (Å²) in [5.74, 6) is 0.738. The molecule has 8 nitrogen and oxygen atoms in total. The van der Waals surface area contributed by atoms with Gasteiger partial charge in [-0.2, -0.15) is 9.57 Å². The number of thiophene rings is 1. The summed E-state index contributed by atoms with van der Waals surface area (Å²) in [6.45, 7) is 4.39. The van der Waals surface area contributed by atoms with Crippen molar-refractivity contribution in [3.8, 4) is 6.07 Å². The summed E-state index contributed by atoms with van der Waals surface area (Å²) in [7, 11) is -3.80. The normalized spacial score (nSPS) is 14.9. The maximum absolute atomic E-state index is 13.1. The molecular weight excluding hydrogens is 472 g/mol. The molecule has 1 aliphatic heterocycles. The van der Waals surface area contributed by atoms with Gasteiger partial charge in [-0.15, -0.1) is 11.3 Å². The van der Waals surface area contributed by atoms with E-state index in [0.29, 0.717) is 26.2 Å². The molecular formula is C24H26N4O4S2. The second-order valence-electron chi connectivity index (χ2n) is 8.13. The minimum atomic E-state index is -3.80. The Bertz CT molecular complexity index is 1270. The monoisotopic (exact) mass is 498 g/mol. The molecule has 1 aliphatic rings. The Hall–Kier alpha value is -2.97. The molecule has 1 aromatic carbocycles. The van der Waals surface area contributed by atoms with Crippen molar-refractivity contribution in [1.82, 2.24) is 14.1 Å². The van der Waals surface area contributed by atoms with Crippen LogP contribution in [0, 0.1) is 18.3 Å². The van der Waals surface area contributed by atoms with E-state index in [1.54, 1.807) is 34.6 Å². The van der Waals surface area contributed by atoms with Gasteiger partial charge in [0.05, 0.1) is 29.8 Å². The number of benzene rings is 1. The quantitative estimate of drug-likeness (QED) is 0.474. The molecule has 1 fully saturated rings. The van der Waals surface area contributed by atoms with Crippen molar-refractivity contribution in [2.45, 2.75) is 24.9 Å². The number of amides is 1. The zero-order valence-corrected chi connectivity index (χ0v) is 20.5. The SMILES string of the molecule is Cc1ccc(CN(CC(=O)N2CCN(S(=O)(=O)c3ccccc3C#N)CC2)Cc2ccco2)s1. The highest BCUT2D eigenvalue weighted by Gasteiger charge is 2.32. The molecule has 3 aromatic rings. The van der Waals surface area contributed by atoms with Gasteiger partial charge < -0.3 is 9.32 Å². The number of carbonyl (C=O) groups excluding carboxylic acids is 1. The van der Waals surface area contributed by atoms with E-state index in [9.17, 15) is 18.5 Å². The van der Waals surface area contributed by atoms with Crippen LogP contribution < -0.4 is 0 Å². The molecule has 34 heavy (non-hydrogen) atoms. The fourth-order valence-electron chi connectivity index (χ4n) is 3.97. The molecule has 0 aliphatic carbocycles. The Labute approximate surface area is 203 Å². The summed E-state index contributed by atoms with van der Waals surface area (Å²) in [5.41, 5.74) is 0.124. The average Bonchev–Trinajstić information content (AvgIpc) is 3.50. The lowest BCUT2D eigenvalue weighted by Crippen LogP contribution is -2.52. The van der Waals surface area contributed by atoms with E-state index >= 15 is 0 Å². The molecule has 0 radical (unpaired) electrons. The number of furan rings is 1. The third-order valence-corrected chi connectivity index (χ3v) is 8.65. The zero-order chi connectivity index (χ0) is 24.1. The minimum absolute atomic E-state index is 0.00754. The molecule has 0 bridgehead atoms. The van der Waals surface area contributed by atoms with Gasteiger partial charge in [0, 0.05) is 42.5 Å². The van der Waals surface area contributed by atoms with Gasteiger partial charge in [0.2, 0.25) is 15.9 Å². The first-order valence-corrected chi connectivity index (χ1v) is 13.2. The van der Waals surface area contributed by atoms with Crippen LogP contribution in [0.2, 0.25) is 0 Å². The lowest BCUT2D eigenvalue weighted by atomic mass is 10.2. The van der Waals surface area contributed by atoms with Crippen LogP contribution in [-0.2, 0) is 27.9 Å². The van der Waals surface area contributed by atoms with Crippen LogP contribution in [0.25, 0.3) is 0 Å². The molecule has 0 unspecified atom stereocenters. The maximum Gasteiger partial charge on any atom is 0.244 e. The highest BCUT2D eigenvalue weighted by molar-refractivity contribution is 7.89. The van der Waals surface area contributed by atoms with Crippen LogP contribution in [0.15, 0.2) is 64.1 Å². The second-order valence-corrected chi connectivity index (χ2v) is 11.4. The summed E-state index contributed by atoms with van der Waals surface area (Å²) in [4.78, 5) is 19.2. The summed E-state index contributed by atoms with van der Waals surface area (Å²) in [5, 5.41) is 9.28. The smallest absolute Gasteiger partial charge is 0.244 e. The van der Waals surface area contributed by atoms with Crippen LogP contribution in [0.5, 0.6) is 0 Å². The van der Waals surface area contributed by atoms with E-state index in [0.717, 1.165) is 5.76 Å². The highest BCUT2D eigenvalue weighted by atomic mass is 32.2. The third-order valence-electron chi connectivity index (χ3n) is 5.71. The van der Waals surface area contributed by atoms with Gasteiger partial charge in [-0.25, -0.2) is 8.42 Å². The van der Waals surface area contributed by atoms with E-state index < -0.39 is 10.0 Å². The number of piperazine rings is 1. The van der Waals surface area contributed by atoms with Crippen LogP contribution in [0.3, 0.4) is 0 Å². The van der Waals surface area contributed by atoms with E-state index in [4.69, 9.17) is 4.42 Å². The van der Waals surface area contributed by atoms with E-state index in [2.05, 4.69) is 19.1 Å². The number of nitrogens with zero attached hydrogens (tertiary/aromatic N) is 4. The average molecular weight is 499 g/mol. The van der Waals surface area contributed by atoms with Crippen LogP contribution in [0.4, 0.5) is 0 Å². The van der Waals surface area contributed by atoms with Crippen molar-refractivity contribution in [3.63, 3.8) is 0 Å². The Kier molecular flexibility index (Phi) is 7.48. The molecule has 10 heteroatoms. The minimum Gasteiger partial charge on any atom is -0.468 e. The number of carbonyl (C=O) groups is 1. The molecule has 2 aromatic heterocycles. The number of nitriles is 1. The van der Waals surface area contributed by atoms with Gasteiger partial charge in [-0.05, 0) is 43.3 Å². The van der Waals surface area contributed by atoms with Crippen LogP contribution >= 0.6 is 11.3 Å². The summed E-state index contributed by atoms with van der Waals surface area (Å²) in [6.07, 6.45) is 1.62. The van der Waals surface area contributed by atoms with Gasteiger partial charge in [-0.3, -0.25) is 9.69 Å². The third kappa shape index (κ3) is 5.56. The van der Waals surface area contributed by atoms with E-state index in [1.165, 1.54) is 26.2 Å². The van der Waals surface area contributed by atoms with Crippen molar-refractivity contribution in [3.05, 3.63) is 75.9 Å². The number of rotatable bonds is 8. The van der Waals surface area contributed by atoms with Gasteiger partial charge in [0.15, 0.2) is 0 Å². The van der Waals surface area contributed by atoms with E-state index in [1.807, 2.05) is 23.1 Å². The summed E-state index contributed by atoms with van der Waals surface area (Å²) < 4.78 is 33.0. The first kappa shape index (κ1) is 24.2. The first-order valence-electron chi connectivity index (χ1n) is 10.9.